The van der Waals surface area contributed by atoms with Crippen LogP contribution in [-0.4, -0.2) is 50.0 Å². The Balaban J connectivity index is 1.32. The molecule has 7 rings (SSSR count). The number of anilines is 1. The molecule has 3 aromatic carbocycles. The summed E-state index contributed by atoms with van der Waals surface area (Å²) in [6.45, 7) is 3.23. The lowest BCUT2D eigenvalue weighted by molar-refractivity contribution is -0.140. The third-order valence-corrected chi connectivity index (χ3v) is 12.3. The van der Waals surface area contributed by atoms with Crippen molar-refractivity contribution in [2.45, 2.75) is 82.8 Å². The number of hydrogen-bond donors (Lipinski definition) is 1. The molecule has 0 saturated heterocycles. The fourth-order valence-corrected chi connectivity index (χ4v) is 10.1. The average Bonchev–Trinajstić information content (AvgIpc) is 3.01. The van der Waals surface area contributed by atoms with Gasteiger partial charge in [-0.2, -0.15) is 0 Å². The Morgan fingerprint density at radius 2 is 1.50 bits per heavy atom. The first-order valence-electron chi connectivity index (χ1n) is 17.0. The second-order valence-electron chi connectivity index (χ2n) is 14.6. The van der Waals surface area contributed by atoms with Gasteiger partial charge in [0, 0.05) is 29.1 Å². The van der Waals surface area contributed by atoms with Gasteiger partial charge in [0.05, 0.1) is 11.9 Å². The number of halogens is 2. The van der Waals surface area contributed by atoms with Crippen molar-refractivity contribution in [3.63, 3.8) is 0 Å². The van der Waals surface area contributed by atoms with Crippen LogP contribution in [0.1, 0.15) is 69.1 Å². The number of nitrogens with one attached hydrogen (secondary N) is 1. The fraction of sp³-hybridized carbons (Fsp3) is 0.474. The minimum Gasteiger partial charge on any atom is -0.352 e. The maximum absolute atomic E-state index is 14.4. The minimum absolute atomic E-state index is 0.0135. The van der Waals surface area contributed by atoms with E-state index in [0.29, 0.717) is 21.3 Å². The summed E-state index contributed by atoms with van der Waals surface area (Å²) in [5, 5.41) is 3.76. The monoisotopic (exact) mass is 709 g/mol. The van der Waals surface area contributed by atoms with Gasteiger partial charge < -0.3 is 10.2 Å². The molecule has 0 heterocycles. The van der Waals surface area contributed by atoms with Gasteiger partial charge in [-0.3, -0.25) is 13.9 Å². The minimum atomic E-state index is -3.87. The highest BCUT2D eigenvalue weighted by Crippen LogP contribution is 2.60. The molecule has 1 unspecified atom stereocenters. The van der Waals surface area contributed by atoms with E-state index in [1.165, 1.54) is 49.0 Å². The van der Waals surface area contributed by atoms with E-state index in [-0.39, 0.29) is 30.3 Å². The van der Waals surface area contributed by atoms with Gasteiger partial charge in [0.25, 0.3) is 0 Å². The Hall–Kier alpha value is -3.07. The number of nitrogens with zero attached hydrogens (tertiary/aromatic N) is 2. The predicted octanol–water partition coefficient (Wildman–Crippen LogP) is 7.39. The van der Waals surface area contributed by atoms with Gasteiger partial charge in [0.15, 0.2) is 0 Å². The van der Waals surface area contributed by atoms with Crippen LogP contribution in [0.3, 0.4) is 0 Å². The lowest BCUT2D eigenvalue weighted by Crippen LogP contribution is -2.54. The number of benzene rings is 3. The molecule has 4 aliphatic carbocycles. The molecule has 4 aliphatic rings. The number of carbonyl (C=O) groups is 2. The van der Waals surface area contributed by atoms with Gasteiger partial charge in [-0.05, 0) is 116 Å². The van der Waals surface area contributed by atoms with Crippen LogP contribution in [0.25, 0.3) is 0 Å². The lowest BCUT2D eigenvalue weighted by Gasteiger charge is -2.57. The van der Waals surface area contributed by atoms with Gasteiger partial charge in [-0.25, -0.2) is 8.42 Å². The van der Waals surface area contributed by atoms with E-state index in [1.807, 2.05) is 56.3 Å². The standard InChI is InChI=1S/C38H45Cl2N3O4S/c1-25(2)41-37(45)35(18-26-7-5-4-6-8-26)42(23-30-9-12-32(39)19-34(30)40)36(44)24-43(48(3,46)47)33-13-10-31(11-14-33)38-20-27-15-28(21-38)17-29(16-27)22-38/h4-14,19,25,27-29,35H,15-18,20-24H2,1-3H3,(H,41,45). The first-order valence-corrected chi connectivity index (χ1v) is 19.6. The van der Waals surface area contributed by atoms with Crippen molar-refractivity contribution in [2.24, 2.45) is 17.8 Å². The normalized spacial score (nSPS) is 23.6. The molecule has 3 aromatic rings. The molecule has 4 saturated carbocycles. The molecule has 4 bridgehead atoms. The van der Waals surface area contributed by atoms with Crippen molar-refractivity contribution in [1.29, 1.82) is 0 Å². The summed E-state index contributed by atoms with van der Waals surface area (Å²) < 4.78 is 27.8. The van der Waals surface area contributed by atoms with Crippen LogP contribution in [0.15, 0.2) is 72.8 Å². The molecule has 48 heavy (non-hydrogen) atoms. The third-order valence-electron chi connectivity index (χ3n) is 10.5. The number of sulfonamides is 1. The summed E-state index contributed by atoms with van der Waals surface area (Å²) >= 11 is 12.8. The van der Waals surface area contributed by atoms with Crippen LogP contribution in [0.5, 0.6) is 0 Å². The zero-order valence-electron chi connectivity index (χ0n) is 27.9. The number of hydrogen-bond acceptors (Lipinski definition) is 4. The van der Waals surface area contributed by atoms with Crippen LogP contribution in [0, 0.1) is 17.8 Å². The Kier molecular flexibility index (Phi) is 10.2. The summed E-state index contributed by atoms with van der Waals surface area (Å²) in [5.41, 5.74) is 3.33. The van der Waals surface area contributed by atoms with Gasteiger partial charge >= 0.3 is 0 Å². The Morgan fingerprint density at radius 1 is 0.896 bits per heavy atom. The number of carbonyl (C=O) groups excluding carboxylic acids is 2. The maximum atomic E-state index is 14.4. The maximum Gasteiger partial charge on any atom is 0.244 e. The van der Waals surface area contributed by atoms with E-state index in [9.17, 15) is 18.0 Å². The molecule has 0 aliphatic heterocycles. The Bertz CT molecular complexity index is 1710. The van der Waals surface area contributed by atoms with Gasteiger partial charge in [0.2, 0.25) is 21.8 Å². The molecule has 0 radical (unpaired) electrons. The Labute approximate surface area is 295 Å². The molecule has 7 nitrogen and oxygen atoms in total. The highest BCUT2D eigenvalue weighted by atomic mass is 35.5. The van der Waals surface area contributed by atoms with E-state index in [2.05, 4.69) is 17.4 Å². The van der Waals surface area contributed by atoms with Gasteiger partial charge in [0.1, 0.15) is 12.6 Å². The van der Waals surface area contributed by atoms with Crippen LogP contribution in [-0.2, 0) is 38.0 Å². The summed E-state index contributed by atoms with van der Waals surface area (Å²) in [4.78, 5) is 29.7. The molecule has 256 valence electrons. The molecule has 0 aromatic heterocycles. The third kappa shape index (κ3) is 7.71. The first-order chi connectivity index (χ1) is 22.8. The molecule has 10 heteroatoms. The number of rotatable bonds is 12. The van der Waals surface area contributed by atoms with Gasteiger partial charge in [-0.15, -0.1) is 0 Å². The SMILES string of the molecule is CC(C)NC(=O)C(Cc1ccccc1)N(Cc1ccc(Cl)cc1Cl)C(=O)CN(c1ccc(C23CC4CC(CC(C4)C2)C3)cc1)S(C)(=O)=O. The smallest absolute Gasteiger partial charge is 0.244 e. The van der Waals surface area contributed by atoms with E-state index in [4.69, 9.17) is 23.2 Å². The molecule has 4 fully saturated rings. The summed E-state index contributed by atoms with van der Waals surface area (Å²) in [6.07, 6.45) is 9.00. The van der Waals surface area contributed by atoms with E-state index in [1.54, 1.807) is 18.2 Å². The Morgan fingerprint density at radius 3 is 2.04 bits per heavy atom. The van der Waals surface area contributed by atoms with Crippen molar-refractivity contribution in [3.05, 3.63) is 99.5 Å². The van der Waals surface area contributed by atoms with Crippen molar-refractivity contribution in [3.8, 4) is 0 Å². The molecular weight excluding hydrogens is 665 g/mol. The van der Waals surface area contributed by atoms with Gasteiger partial charge in [-0.1, -0.05) is 71.7 Å². The highest BCUT2D eigenvalue weighted by molar-refractivity contribution is 7.92. The van der Waals surface area contributed by atoms with Crippen molar-refractivity contribution < 1.29 is 18.0 Å². The molecule has 1 atom stereocenters. The lowest BCUT2D eigenvalue weighted by atomic mass is 9.48. The van der Waals surface area contributed by atoms with Crippen molar-refractivity contribution in [1.82, 2.24) is 10.2 Å². The van der Waals surface area contributed by atoms with Crippen LogP contribution < -0.4 is 9.62 Å². The topological polar surface area (TPSA) is 86.8 Å². The van der Waals surface area contributed by atoms with Crippen molar-refractivity contribution >= 4 is 50.7 Å². The number of amides is 2. The molecule has 1 N–H and O–H groups in total. The fourth-order valence-electron chi connectivity index (χ4n) is 8.83. The average molecular weight is 711 g/mol. The highest BCUT2D eigenvalue weighted by Gasteiger charge is 2.51. The summed E-state index contributed by atoms with van der Waals surface area (Å²) in [7, 11) is -3.87. The van der Waals surface area contributed by atoms with Crippen LogP contribution in [0.2, 0.25) is 10.0 Å². The molecule has 0 spiro atoms. The second kappa shape index (κ2) is 14.0. The largest absolute Gasteiger partial charge is 0.352 e. The van der Waals surface area contributed by atoms with Crippen molar-refractivity contribution in [2.75, 3.05) is 17.1 Å². The second-order valence-corrected chi connectivity index (χ2v) is 17.4. The summed E-state index contributed by atoms with van der Waals surface area (Å²) in [6, 6.07) is 21.2. The zero-order chi connectivity index (χ0) is 34.2. The molecule has 2 amide bonds. The summed E-state index contributed by atoms with van der Waals surface area (Å²) in [5.74, 6) is 1.52. The quantitative estimate of drug-likeness (QED) is 0.213. The molecular formula is C38H45Cl2N3O4S. The van der Waals surface area contributed by atoms with Crippen LogP contribution >= 0.6 is 23.2 Å². The first kappa shape index (κ1) is 34.8. The zero-order valence-corrected chi connectivity index (χ0v) is 30.2. The van der Waals surface area contributed by atoms with E-state index in [0.717, 1.165) is 33.9 Å². The van der Waals surface area contributed by atoms with Crippen LogP contribution in [0.4, 0.5) is 5.69 Å². The predicted molar refractivity (Wildman–Crippen MR) is 193 cm³/mol. The van der Waals surface area contributed by atoms with E-state index < -0.39 is 28.5 Å². The van der Waals surface area contributed by atoms with E-state index >= 15 is 0 Å².